The number of hydrogen-bond acceptors (Lipinski definition) is 1. The fourth-order valence-corrected chi connectivity index (χ4v) is 1.52. The Balaban J connectivity index is 1.88. The van der Waals surface area contributed by atoms with Crippen LogP contribution in [-0.2, 0) is 0 Å². The molecule has 0 heterocycles. The maximum Gasteiger partial charge on any atom is 0.0340 e. The van der Waals surface area contributed by atoms with Crippen LogP contribution in [-0.4, -0.2) is 6.54 Å². The van der Waals surface area contributed by atoms with Gasteiger partial charge >= 0.3 is 0 Å². The first-order valence-electron chi connectivity index (χ1n) is 5.00. The van der Waals surface area contributed by atoms with Gasteiger partial charge in [-0.25, -0.2) is 0 Å². The largest absolute Gasteiger partial charge is 0.384 e. The molecule has 0 unspecified atom stereocenters. The normalized spacial score (nSPS) is 14.9. The van der Waals surface area contributed by atoms with Gasteiger partial charge in [0.2, 0.25) is 0 Å². The third-order valence-corrected chi connectivity index (χ3v) is 2.42. The fraction of sp³-hybridized carbons (Fsp3) is 0.231. The van der Waals surface area contributed by atoms with Gasteiger partial charge in [0.1, 0.15) is 0 Å². The Hall–Kier alpha value is -1.50. The molecule has 2 rings (SSSR count). The van der Waals surface area contributed by atoms with E-state index in [9.17, 15) is 0 Å². The van der Waals surface area contributed by atoms with Crippen LogP contribution in [0.25, 0.3) is 0 Å². The van der Waals surface area contributed by atoms with Gasteiger partial charge in [-0.1, -0.05) is 42.0 Å². The summed E-state index contributed by atoms with van der Waals surface area (Å²) < 4.78 is 0. The van der Waals surface area contributed by atoms with Gasteiger partial charge in [-0.2, -0.15) is 0 Å². The minimum atomic E-state index is 0.552. The van der Waals surface area contributed by atoms with Crippen LogP contribution in [0.3, 0.4) is 0 Å². The van der Waals surface area contributed by atoms with Crippen LogP contribution in [0.1, 0.15) is 5.56 Å². The molecule has 1 aromatic rings. The zero-order chi connectivity index (χ0) is 9.80. The highest BCUT2D eigenvalue weighted by molar-refractivity contribution is 5.44. The minimum absolute atomic E-state index is 0.552. The van der Waals surface area contributed by atoms with E-state index in [0.29, 0.717) is 5.92 Å². The summed E-state index contributed by atoms with van der Waals surface area (Å²) in [6, 6.07) is 8.50. The van der Waals surface area contributed by atoms with Gasteiger partial charge < -0.3 is 5.32 Å². The molecule has 0 atom stereocenters. The molecule has 0 saturated carbocycles. The highest BCUT2D eigenvalue weighted by Gasteiger charge is 2.02. The molecule has 1 nitrogen and oxygen atoms in total. The van der Waals surface area contributed by atoms with Crippen LogP contribution in [0.5, 0.6) is 0 Å². The average Bonchev–Trinajstić information content (AvgIpc) is 2.70. The van der Waals surface area contributed by atoms with Gasteiger partial charge in [0, 0.05) is 18.2 Å². The Morgan fingerprint density at radius 3 is 2.36 bits per heavy atom. The van der Waals surface area contributed by atoms with Crippen LogP contribution in [0, 0.1) is 12.8 Å². The molecule has 0 saturated heterocycles. The SMILES string of the molecule is Cc1ccc(NCC2C=CC=C2)cc1. The molecule has 0 amide bonds. The first kappa shape index (κ1) is 9.07. The standard InChI is InChI=1S/C13H15N/c1-11-6-8-13(9-7-11)14-10-12-4-2-3-5-12/h2-9,12,14H,10H2,1H3. The predicted octanol–water partition coefficient (Wildman–Crippen LogP) is 3.15. The molecule has 0 bridgehead atoms. The van der Waals surface area contributed by atoms with Gasteiger partial charge in [0.15, 0.2) is 0 Å². The van der Waals surface area contributed by atoms with Gasteiger partial charge in [0.25, 0.3) is 0 Å². The van der Waals surface area contributed by atoms with Gasteiger partial charge in [-0.3, -0.25) is 0 Å². The van der Waals surface area contributed by atoms with E-state index in [-0.39, 0.29) is 0 Å². The van der Waals surface area contributed by atoms with Gasteiger partial charge in [-0.15, -0.1) is 0 Å². The van der Waals surface area contributed by atoms with Crippen molar-refractivity contribution in [3.63, 3.8) is 0 Å². The van der Waals surface area contributed by atoms with Gasteiger partial charge in [-0.05, 0) is 19.1 Å². The highest BCUT2D eigenvalue weighted by atomic mass is 14.9. The quantitative estimate of drug-likeness (QED) is 0.762. The van der Waals surface area contributed by atoms with Crippen molar-refractivity contribution in [2.75, 3.05) is 11.9 Å². The monoisotopic (exact) mass is 185 g/mol. The smallest absolute Gasteiger partial charge is 0.0340 e. The van der Waals surface area contributed by atoms with E-state index in [4.69, 9.17) is 0 Å². The number of allylic oxidation sites excluding steroid dienone is 2. The maximum atomic E-state index is 3.41. The lowest BCUT2D eigenvalue weighted by Gasteiger charge is -2.09. The van der Waals surface area contributed by atoms with Crippen LogP contribution in [0.4, 0.5) is 5.69 Å². The number of hydrogen-bond donors (Lipinski definition) is 1. The number of rotatable bonds is 3. The van der Waals surface area contributed by atoms with Crippen molar-refractivity contribution in [2.45, 2.75) is 6.92 Å². The summed E-state index contributed by atoms with van der Waals surface area (Å²) in [6.07, 6.45) is 8.62. The fourth-order valence-electron chi connectivity index (χ4n) is 1.52. The second kappa shape index (κ2) is 4.14. The van der Waals surface area contributed by atoms with Crippen molar-refractivity contribution in [2.24, 2.45) is 5.92 Å². The second-order valence-electron chi connectivity index (χ2n) is 3.68. The Morgan fingerprint density at radius 2 is 1.71 bits per heavy atom. The van der Waals surface area contributed by atoms with Crippen molar-refractivity contribution >= 4 is 5.69 Å². The van der Waals surface area contributed by atoms with Crippen LogP contribution >= 0.6 is 0 Å². The number of benzene rings is 1. The predicted molar refractivity (Wildman–Crippen MR) is 61.4 cm³/mol. The van der Waals surface area contributed by atoms with E-state index in [2.05, 4.69) is 60.8 Å². The summed E-state index contributed by atoms with van der Waals surface area (Å²) in [5.41, 5.74) is 2.50. The molecule has 0 aromatic heterocycles. The van der Waals surface area contributed by atoms with Gasteiger partial charge in [0.05, 0.1) is 0 Å². The Kier molecular flexibility index (Phi) is 2.68. The lowest BCUT2D eigenvalue weighted by atomic mass is 10.1. The van der Waals surface area contributed by atoms with Crippen molar-refractivity contribution < 1.29 is 0 Å². The lowest BCUT2D eigenvalue weighted by Crippen LogP contribution is -2.08. The molecule has 1 aromatic carbocycles. The third-order valence-electron chi connectivity index (χ3n) is 2.42. The minimum Gasteiger partial charge on any atom is -0.384 e. The van der Waals surface area contributed by atoms with E-state index in [1.54, 1.807) is 0 Å². The molecule has 1 aliphatic rings. The molecular formula is C13H15N. The molecule has 0 spiro atoms. The van der Waals surface area contributed by atoms with Crippen molar-refractivity contribution in [3.05, 3.63) is 54.1 Å². The third kappa shape index (κ3) is 2.25. The highest BCUT2D eigenvalue weighted by Crippen LogP contribution is 2.12. The molecule has 1 N–H and O–H groups in total. The summed E-state index contributed by atoms with van der Waals surface area (Å²) in [5.74, 6) is 0.552. The number of aryl methyl sites for hydroxylation is 1. The average molecular weight is 185 g/mol. The number of anilines is 1. The summed E-state index contributed by atoms with van der Waals surface area (Å²) in [7, 11) is 0. The van der Waals surface area contributed by atoms with Crippen molar-refractivity contribution in [3.8, 4) is 0 Å². The second-order valence-corrected chi connectivity index (χ2v) is 3.68. The summed E-state index contributed by atoms with van der Waals surface area (Å²) in [5, 5.41) is 3.41. The Morgan fingerprint density at radius 1 is 1.07 bits per heavy atom. The van der Waals surface area contributed by atoms with E-state index < -0.39 is 0 Å². The summed E-state index contributed by atoms with van der Waals surface area (Å²) in [6.45, 7) is 3.09. The zero-order valence-electron chi connectivity index (χ0n) is 8.40. The summed E-state index contributed by atoms with van der Waals surface area (Å²) >= 11 is 0. The summed E-state index contributed by atoms with van der Waals surface area (Å²) in [4.78, 5) is 0. The topological polar surface area (TPSA) is 12.0 Å². The molecule has 0 aliphatic heterocycles. The van der Waals surface area contributed by atoms with Crippen molar-refractivity contribution in [1.29, 1.82) is 0 Å². The molecule has 1 aliphatic carbocycles. The molecule has 1 heteroatoms. The first-order valence-corrected chi connectivity index (χ1v) is 5.00. The van der Waals surface area contributed by atoms with Crippen LogP contribution in [0.15, 0.2) is 48.6 Å². The molecule has 0 fully saturated rings. The Labute approximate surface area is 85.2 Å². The molecule has 72 valence electrons. The molecule has 0 radical (unpaired) electrons. The molecule has 14 heavy (non-hydrogen) atoms. The van der Waals surface area contributed by atoms with E-state index in [0.717, 1.165) is 6.54 Å². The first-order chi connectivity index (χ1) is 6.84. The molecular weight excluding hydrogens is 170 g/mol. The zero-order valence-corrected chi connectivity index (χ0v) is 8.40. The van der Waals surface area contributed by atoms with Crippen LogP contribution in [0.2, 0.25) is 0 Å². The van der Waals surface area contributed by atoms with E-state index >= 15 is 0 Å². The number of nitrogens with one attached hydrogen (secondary N) is 1. The maximum absolute atomic E-state index is 3.41. The lowest BCUT2D eigenvalue weighted by molar-refractivity contribution is 0.871. The van der Waals surface area contributed by atoms with E-state index in [1.807, 2.05) is 0 Å². The van der Waals surface area contributed by atoms with E-state index in [1.165, 1.54) is 11.3 Å². The van der Waals surface area contributed by atoms with Crippen molar-refractivity contribution in [1.82, 2.24) is 0 Å². The van der Waals surface area contributed by atoms with Crippen LogP contribution < -0.4 is 5.32 Å². The Bertz CT molecular complexity index is 334.